The Hall–Kier alpha value is -0.0800. The van der Waals surface area contributed by atoms with Gasteiger partial charge in [0.2, 0.25) is 0 Å². The van der Waals surface area contributed by atoms with Crippen molar-refractivity contribution in [2.45, 2.75) is 96.2 Å². The van der Waals surface area contributed by atoms with Gasteiger partial charge in [-0.2, -0.15) is 0 Å². The lowest BCUT2D eigenvalue weighted by molar-refractivity contribution is 0.0907. The molecule has 0 saturated heterocycles. The fourth-order valence-electron chi connectivity index (χ4n) is 4.29. The molecule has 20 heavy (non-hydrogen) atoms. The van der Waals surface area contributed by atoms with Crippen LogP contribution in [0.4, 0.5) is 0 Å². The smallest absolute Gasteiger partial charge is 0.00963 e. The second-order valence-electron chi connectivity index (χ2n) is 7.21. The highest BCUT2D eigenvalue weighted by molar-refractivity contribution is 4.86. The standard InChI is InChI=1S/C18H36N2/c1-4-14-19-16-8-12-18(13-9-16)20(3)17-10-6-15(5-2)7-11-17/h15-19H,4-14H2,1-3H3. The second kappa shape index (κ2) is 8.38. The molecule has 0 aromatic rings. The van der Waals surface area contributed by atoms with Crippen LogP contribution < -0.4 is 5.32 Å². The highest BCUT2D eigenvalue weighted by Gasteiger charge is 2.29. The van der Waals surface area contributed by atoms with Crippen LogP contribution in [-0.2, 0) is 0 Å². The highest BCUT2D eigenvalue weighted by Crippen LogP contribution is 2.32. The molecule has 0 amide bonds. The lowest BCUT2D eigenvalue weighted by atomic mass is 9.82. The molecule has 0 bridgehead atoms. The molecule has 2 heteroatoms. The van der Waals surface area contributed by atoms with Crippen molar-refractivity contribution >= 4 is 0 Å². The second-order valence-corrected chi connectivity index (χ2v) is 7.21. The monoisotopic (exact) mass is 280 g/mol. The fraction of sp³-hybridized carbons (Fsp3) is 1.00. The van der Waals surface area contributed by atoms with Gasteiger partial charge >= 0.3 is 0 Å². The van der Waals surface area contributed by atoms with Gasteiger partial charge in [-0.15, -0.1) is 0 Å². The summed E-state index contributed by atoms with van der Waals surface area (Å²) < 4.78 is 0. The average molecular weight is 280 g/mol. The summed E-state index contributed by atoms with van der Waals surface area (Å²) in [5.41, 5.74) is 0. The molecule has 0 atom stereocenters. The number of hydrogen-bond donors (Lipinski definition) is 1. The molecular formula is C18H36N2. The van der Waals surface area contributed by atoms with E-state index in [1.165, 1.54) is 70.8 Å². The first-order valence-electron chi connectivity index (χ1n) is 9.19. The Kier molecular flexibility index (Phi) is 6.83. The lowest BCUT2D eigenvalue weighted by Crippen LogP contribution is -2.46. The van der Waals surface area contributed by atoms with Gasteiger partial charge in [-0.1, -0.05) is 20.3 Å². The Morgan fingerprint density at radius 1 is 0.850 bits per heavy atom. The Bertz CT molecular complexity index is 250. The van der Waals surface area contributed by atoms with Crippen molar-refractivity contribution in [3.63, 3.8) is 0 Å². The van der Waals surface area contributed by atoms with Crippen molar-refractivity contribution in [2.75, 3.05) is 13.6 Å². The topological polar surface area (TPSA) is 15.3 Å². The summed E-state index contributed by atoms with van der Waals surface area (Å²) in [6.07, 6.45) is 14.1. The number of rotatable bonds is 6. The predicted octanol–water partition coefficient (Wildman–Crippen LogP) is 4.20. The van der Waals surface area contributed by atoms with Crippen LogP contribution in [0, 0.1) is 5.92 Å². The van der Waals surface area contributed by atoms with Gasteiger partial charge in [-0.05, 0) is 77.3 Å². The van der Waals surface area contributed by atoms with Gasteiger partial charge in [0.1, 0.15) is 0 Å². The van der Waals surface area contributed by atoms with Crippen LogP contribution in [0.2, 0.25) is 0 Å². The zero-order valence-electron chi connectivity index (χ0n) is 14.0. The molecule has 2 nitrogen and oxygen atoms in total. The SMILES string of the molecule is CCCNC1CCC(N(C)C2CCC(CC)CC2)CC1. The summed E-state index contributed by atoms with van der Waals surface area (Å²) in [5, 5.41) is 3.71. The van der Waals surface area contributed by atoms with Gasteiger partial charge < -0.3 is 10.2 Å². The van der Waals surface area contributed by atoms with E-state index in [0.717, 1.165) is 24.0 Å². The third kappa shape index (κ3) is 4.46. The first-order chi connectivity index (χ1) is 9.74. The molecule has 0 aromatic carbocycles. The van der Waals surface area contributed by atoms with E-state index in [1.54, 1.807) is 0 Å². The Balaban J connectivity index is 1.70. The number of hydrogen-bond acceptors (Lipinski definition) is 2. The van der Waals surface area contributed by atoms with E-state index < -0.39 is 0 Å². The van der Waals surface area contributed by atoms with Gasteiger partial charge in [-0.25, -0.2) is 0 Å². The molecule has 2 rings (SSSR count). The van der Waals surface area contributed by atoms with Crippen LogP contribution in [0.5, 0.6) is 0 Å². The summed E-state index contributed by atoms with van der Waals surface area (Å²) in [5.74, 6) is 1.02. The largest absolute Gasteiger partial charge is 0.314 e. The molecule has 2 aliphatic rings. The minimum Gasteiger partial charge on any atom is -0.314 e. The van der Waals surface area contributed by atoms with Crippen LogP contribution >= 0.6 is 0 Å². The summed E-state index contributed by atoms with van der Waals surface area (Å²) in [6.45, 7) is 5.82. The molecule has 0 heterocycles. The van der Waals surface area contributed by atoms with Crippen molar-refractivity contribution < 1.29 is 0 Å². The summed E-state index contributed by atoms with van der Waals surface area (Å²) >= 11 is 0. The molecule has 2 saturated carbocycles. The maximum atomic E-state index is 3.71. The molecule has 0 aromatic heterocycles. The zero-order chi connectivity index (χ0) is 14.4. The Morgan fingerprint density at radius 3 is 1.90 bits per heavy atom. The van der Waals surface area contributed by atoms with Crippen molar-refractivity contribution in [3.05, 3.63) is 0 Å². The van der Waals surface area contributed by atoms with Crippen LogP contribution in [-0.4, -0.2) is 36.6 Å². The van der Waals surface area contributed by atoms with E-state index in [0.29, 0.717) is 0 Å². The summed E-state index contributed by atoms with van der Waals surface area (Å²) in [4.78, 5) is 2.75. The zero-order valence-corrected chi connectivity index (χ0v) is 14.0. The van der Waals surface area contributed by atoms with Crippen molar-refractivity contribution in [3.8, 4) is 0 Å². The lowest BCUT2D eigenvalue weighted by Gasteiger charge is -2.42. The molecule has 2 aliphatic carbocycles. The molecule has 118 valence electrons. The minimum absolute atomic E-state index is 0.801. The normalized spacial score (nSPS) is 35.4. The van der Waals surface area contributed by atoms with Gasteiger partial charge in [0, 0.05) is 18.1 Å². The average Bonchev–Trinajstić information content (AvgIpc) is 2.53. The van der Waals surface area contributed by atoms with Gasteiger partial charge in [0.05, 0.1) is 0 Å². The van der Waals surface area contributed by atoms with Gasteiger partial charge in [-0.3, -0.25) is 0 Å². The summed E-state index contributed by atoms with van der Waals surface area (Å²) in [7, 11) is 2.40. The predicted molar refractivity (Wildman–Crippen MR) is 88.1 cm³/mol. The van der Waals surface area contributed by atoms with Crippen molar-refractivity contribution in [2.24, 2.45) is 5.92 Å². The highest BCUT2D eigenvalue weighted by atomic mass is 15.2. The number of nitrogens with zero attached hydrogens (tertiary/aromatic N) is 1. The first kappa shape index (κ1) is 16.3. The number of nitrogens with one attached hydrogen (secondary N) is 1. The van der Waals surface area contributed by atoms with E-state index in [4.69, 9.17) is 0 Å². The van der Waals surface area contributed by atoms with Crippen LogP contribution in [0.3, 0.4) is 0 Å². The van der Waals surface area contributed by atoms with E-state index in [2.05, 4.69) is 31.1 Å². The Morgan fingerprint density at radius 2 is 1.40 bits per heavy atom. The quantitative estimate of drug-likeness (QED) is 0.784. The maximum absolute atomic E-state index is 3.71. The molecule has 0 spiro atoms. The van der Waals surface area contributed by atoms with E-state index in [1.807, 2.05) is 0 Å². The van der Waals surface area contributed by atoms with Crippen molar-refractivity contribution in [1.82, 2.24) is 10.2 Å². The molecule has 1 N–H and O–H groups in total. The molecule has 0 unspecified atom stereocenters. The third-order valence-corrected chi connectivity index (χ3v) is 5.93. The molecule has 2 fully saturated rings. The van der Waals surface area contributed by atoms with E-state index >= 15 is 0 Å². The van der Waals surface area contributed by atoms with E-state index in [-0.39, 0.29) is 0 Å². The van der Waals surface area contributed by atoms with Crippen molar-refractivity contribution in [1.29, 1.82) is 0 Å². The minimum atomic E-state index is 0.801. The maximum Gasteiger partial charge on any atom is 0.00963 e. The van der Waals surface area contributed by atoms with Gasteiger partial charge in [0.25, 0.3) is 0 Å². The third-order valence-electron chi connectivity index (χ3n) is 5.93. The van der Waals surface area contributed by atoms with E-state index in [9.17, 15) is 0 Å². The summed E-state index contributed by atoms with van der Waals surface area (Å²) in [6, 6.07) is 2.54. The first-order valence-corrected chi connectivity index (χ1v) is 9.19. The fourth-order valence-corrected chi connectivity index (χ4v) is 4.29. The molecule has 0 radical (unpaired) electrons. The Labute approximate surface area is 126 Å². The molecular weight excluding hydrogens is 244 g/mol. The van der Waals surface area contributed by atoms with Crippen LogP contribution in [0.1, 0.15) is 78.1 Å². The van der Waals surface area contributed by atoms with Gasteiger partial charge in [0.15, 0.2) is 0 Å². The molecule has 0 aliphatic heterocycles. The van der Waals surface area contributed by atoms with Crippen LogP contribution in [0.15, 0.2) is 0 Å². The van der Waals surface area contributed by atoms with Crippen LogP contribution in [0.25, 0.3) is 0 Å².